The van der Waals surface area contributed by atoms with Gasteiger partial charge in [-0.25, -0.2) is 8.42 Å². The monoisotopic (exact) mass is 281 g/mol. The lowest BCUT2D eigenvalue weighted by Crippen LogP contribution is -2.42. The molecule has 1 aromatic rings. The molecule has 0 radical (unpaired) electrons. The summed E-state index contributed by atoms with van der Waals surface area (Å²) in [5.41, 5.74) is 0.249. The predicted molar refractivity (Wildman–Crippen MR) is 58.5 cm³/mol. The first-order valence-corrected chi connectivity index (χ1v) is 6.88. The number of fused-ring (bicyclic) bond motifs is 1. The molecule has 1 unspecified atom stereocenters. The molecule has 0 saturated heterocycles. The highest BCUT2D eigenvalue weighted by Crippen LogP contribution is 2.35. The van der Waals surface area contributed by atoms with Crippen molar-refractivity contribution in [3.63, 3.8) is 0 Å². The lowest BCUT2D eigenvalue weighted by Gasteiger charge is -2.28. The molecule has 1 N–H and O–H groups in total. The number of hydrogen-bond acceptors (Lipinski definition) is 4. The molecule has 0 aliphatic carbocycles. The van der Waals surface area contributed by atoms with Crippen molar-refractivity contribution >= 4 is 15.5 Å². The summed E-state index contributed by atoms with van der Waals surface area (Å²) in [5, 5.41) is 2.52. The molecular formula is C10H10F3NO3S. The van der Waals surface area contributed by atoms with Gasteiger partial charge in [-0.2, -0.15) is 13.2 Å². The van der Waals surface area contributed by atoms with Crippen molar-refractivity contribution in [3.8, 4) is 5.75 Å². The molecule has 0 amide bonds. The van der Waals surface area contributed by atoms with Crippen LogP contribution in [0.2, 0.25) is 0 Å². The maximum absolute atomic E-state index is 12.4. The van der Waals surface area contributed by atoms with Crippen LogP contribution in [-0.2, 0) is 9.84 Å². The van der Waals surface area contributed by atoms with Crippen LogP contribution in [0.4, 0.5) is 18.9 Å². The van der Waals surface area contributed by atoms with Crippen molar-refractivity contribution < 1.29 is 26.3 Å². The topological polar surface area (TPSA) is 55.4 Å². The van der Waals surface area contributed by atoms with Gasteiger partial charge in [-0.3, -0.25) is 0 Å². The molecule has 2 rings (SSSR count). The summed E-state index contributed by atoms with van der Waals surface area (Å²) >= 11 is 0. The second-order valence-electron chi connectivity index (χ2n) is 3.96. The van der Waals surface area contributed by atoms with Crippen LogP contribution in [0.3, 0.4) is 0 Å². The van der Waals surface area contributed by atoms with E-state index in [-0.39, 0.29) is 16.3 Å². The molecule has 18 heavy (non-hydrogen) atoms. The molecule has 4 nitrogen and oxygen atoms in total. The van der Waals surface area contributed by atoms with Crippen LogP contribution in [0, 0.1) is 0 Å². The smallest absolute Gasteiger partial charge is 0.427 e. The van der Waals surface area contributed by atoms with Crippen LogP contribution in [0.25, 0.3) is 0 Å². The van der Waals surface area contributed by atoms with Crippen molar-refractivity contribution in [1.82, 2.24) is 0 Å². The molecule has 1 aliphatic rings. The zero-order valence-electron chi connectivity index (χ0n) is 9.28. The SMILES string of the molecule is CS(=O)(=O)c1ccc2c(c1)NCC(C(F)(F)F)O2. The van der Waals surface area contributed by atoms with Crippen LogP contribution < -0.4 is 10.1 Å². The van der Waals surface area contributed by atoms with Gasteiger partial charge in [0.25, 0.3) is 0 Å². The Hall–Kier alpha value is -1.44. The Balaban J connectivity index is 2.32. The molecule has 0 bridgehead atoms. The quantitative estimate of drug-likeness (QED) is 0.853. The summed E-state index contributed by atoms with van der Waals surface area (Å²) < 4.78 is 64.7. The summed E-state index contributed by atoms with van der Waals surface area (Å²) in [4.78, 5) is 0.0304. The highest BCUT2D eigenvalue weighted by Gasteiger charge is 2.43. The van der Waals surface area contributed by atoms with Gasteiger partial charge in [-0.15, -0.1) is 0 Å². The van der Waals surface area contributed by atoms with Gasteiger partial charge in [0, 0.05) is 6.26 Å². The van der Waals surface area contributed by atoms with E-state index in [9.17, 15) is 21.6 Å². The third kappa shape index (κ3) is 2.53. The van der Waals surface area contributed by atoms with E-state index in [1.54, 1.807) is 0 Å². The third-order valence-corrected chi connectivity index (χ3v) is 3.60. The average Bonchev–Trinajstić information content (AvgIpc) is 2.25. The molecule has 0 saturated carbocycles. The summed E-state index contributed by atoms with van der Waals surface area (Å²) in [6, 6.07) is 3.70. The largest absolute Gasteiger partial charge is 0.477 e. The Morgan fingerprint density at radius 2 is 2.06 bits per heavy atom. The van der Waals surface area contributed by atoms with E-state index in [1.807, 2.05) is 0 Å². The van der Waals surface area contributed by atoms with Crippen molar-refractivity contribution in [2.75, 3.05) is 18.1 Å². The molecule has 100 valence electrons. The van der Waals surface area contributed by atoms with Crippen LogP contribution in [0.15, 0.2) is 23.1 Å². The van der Waals surface area contributed by atoms with Gasteiger partial charge in [-0.1, -0.05) is 0 Å². The minimum absolute atomic E-state index is 0.00373. The van der Waals surface area contributed by atoms with Crippen LogP contribution in [-0.4, -0.2) is 33.5 Å². The van der Waals surface area contributed by atoms with Crippen molar-refractivity contribution in [2.24, 2.45) is 0 Å². The zero-order valence-corrected chi connectivity index (χ0v) is 10.1. The van der Waals surface area contributed by atoms with E-state index >= 15 is 0 Å². The van der Waals surface area contributed by atoms with Gasteiger partial charge in [0.2, 0.25) is 6.10 Å². The van der Waals surface area contributed by atoms with Gasteiger partial charge in [0.15, 0.2) is 9.84 Å². The Labute approximate surface area is 102 Å². The van der Waals surface area contributed by atoms with Crippen LogP contribution in [0.1, 0.15) is 0 Å². The Morgan fingerprint density at radius 3 is 2.61 bits per heavy atom. The average molecular weight is 281 g/mol. The lowest BCUT2D eigenvalue weighted by atomic mass is 10.2. The molecule has 0 aromatic heterocycles. The fraction of sp³-hybridized carbons (Fsp3) is 0.400. The maximum Gasteiger partial charge on any atom is 0.427 e. The maximum atomic E-state index is 12.4. The van der Waals surface area contributed by atoms with Crippen molar-refractivity contribution in [2.45, 2.75) is 17.2 Å². The normalized spacial score (nSPS) is 19.7. The predicted octanol–water partition coefficient (Wildman–Crippen LogP) is 1.83. The molecular weight excluding hydrogens is 271 g/mol. The van der Waals surface area contributed by atoms with Gasteiger partial charge in [-0.05, 0) is 18.2 Å². The number of nitrogens with one attached hydrogen (secondary N) is 1. The van der Waals surface area contributed by atoms with Gasteiger partial charge in [0.05, 0.1) is 17.1 Å². The number of ether oxygens (including phenoxy) is 1. The summed E-state index contributed by atoms with van der Waals surface area (Å²) in [7, 11) is -3.40. The Kier molecular flexibility index (Phi) is 2.92. The number of halogens is 3. The summed E-state index contributed by atoms with van der Waals surface area (Å²) in [6.07, 6.45) is -5.36. The number of benzene rings is 1. The fourth-order valence-electron chi connectivity index (χ4n) is 1.56. The van der Waals surface area contributed by atoms with Crippen molar-refractivity contribution in [1.29, 1.82) is 0 Å². The first kappa shape index (κ1) is 13.0. The molecule has 1 heterocycles. The van der Waals surface area contributed by atoms with Gasteiger partial charge < -0.3 is 10.1 Å². The number of alkyl halides is 3. The standard InChI is InChI=1S/C10H10F3NO3S/c1-18(15,16)6-2-3-8-7(4-6)14-5-9(17-8)10(11,12)13/h2-4,9,14H,5H2,1H3. The van der Waals surface area contributed by atoms with Gasteiger partial charge in [0.1, 0.15) is 5.75 Å². The van der Waals surface area contributed by atoms with E-state index in [0.717, 1.165) is 6.26 Å². The first-order valence-electron chi connectivity index (χ1n) is 4.99. The van der Waals surface area contributed by atoms with E-state index < -0.39 is 28.7 Å². The van der Waals surface area contributed by atoms with E-state index in [0.29, 0.717) is 0 Å². The van der Waals surface area contributed by atoms with E-state index in [2.05, 4.69) is 5.32 Å². The molecule has 8 heteroatoms. The summed E-state index contributed by atoms with van der Waals surface area (Å²) in [6.45, 7) is -0.441. The Bertz CT molecular complexity index is 568. The number of anilines is 1. The lowest BCUT2D eigenvalue weighted by molar-refractivity contribution is -0.191. The number of sulfone groups is 1. The van der Waals surface area contributed by atoms with E-state index in [1.165, 1.54) is 18.2 Å². The second-order valence-corrected chi connectivity index (χ2v) is 5.97. The highest BCUT2D eigenvalue weighted by molar-refractivity contribution is 7.90. The van der Waals surface area contributed by atoms with Crippen LogP contribution in [0.5, 0.6) is 5.75 Å². The minimum Gasteiger partial charge on any atom is -0.477 e. The zero-order chi connectivity index (χ0) is 13.6. The number of rotatable bonds is 1. The molecule has 1 atom stereocenters. The van der Waals surface area contributed by atoms with E-state index in [4.69, 9.17) is 4.74 Å². The highest BCUT2D eigenvalue weighted by atomic mass is 32.2. The fourth-order valence-corrected chi connectivity index (χ4v) is 2.21. The number of hydrogen-bond donors (Lipinski definition) is 1. The summed E-state index contributed by atoms with van der Waals surface area (Å²) in [5.74, 6) is -0.00373. The molecule has 1 aliphatic heterocycles. The van der Waals surface area contributed by atoms with Gasteiger partial charge >= 0.3 is 6.18 Å². The first-order chi connectivity index (χ1) is 8.18. The minimum atomic E-state index is -4.46. The molecule has 0 fully saturated rings. The molecule has 0 spiro atoms. The third-order valence-electron chi connectivity index (χ3n) is 2.49. The van der Waals surface area contributed by atoms with Crippen LogP contribution >= 0.6 is 0 Å². The second kappa shape index (κ2) is 4.04. The Morgan fingerprint density at radius 1 is 1.39 bits per heavy atom. The molecule has 1 aromatic carbocycles. The van der Waals surface area contributed by atoms with Crippen molar-refractivity contribution in [3.05, 3.63) is 18.2 Å².